The van der Waals surface area contributed by atoms with Crippen LogP contribution in [0.5, 0.6) is 5.75 Å². The van der Waals surface area contributed by atoms with Crippen LogP contribution in [0, 0.1) is 0 Å². The molecule has 1 rings (SSSR count). The van der Waals surface area contributed by atoms with Gasteiger partial charge in [0, 0.05) is 7.05 Å². The third kappa shape index (κ3) is 1.56. The standard InChI is InChI=1S/C9H11NO2/c1-10-9(12-2)7-5-3-4-6-8(7)11/h3-6,11H,1-2H3. The number of phenols is 1. The van der Waals surface area contributed by atoms with E-state index in [1.807, 2.05) is 6.07 Å². The number of para-hydroxylation sites is 1. The molecule has 0 aliphatic rings. The summed E-state index contributed by atoms with van der Waals surface area (Å²) in [7, 11) is 3.14. The molecule has 0 radical (unpaired) electrons. The van der Waals surface area contributed by atoms with Crippen molar-refractivity contribution in [2.24, 2.45) is 4.99 Å². The molecule has 0 fully saturated rings. The molecule has 64 valence electrons. The fourth-order valence-electron chi connectivity index (χ4n) is 0.976. The van der Waals surface area contributed by atoms with E-state index in [0.29, 0.717) is 11.5 Å². The minimum Gasteiger partial charge on any atom is -0.507 e. The van der Waals surface area contributed by atoms with Crippen molar-refractivity contribution in [2.45, 2.75) is 0 Å². The zero-order chi connectivity index (χ0) is 8.97. The Hall–Kier alpha value is -1.51. The molecule has 3 nitrogen and oxygen atoms in total. The molecule has 1 aromatic carbocycles. The maximum atomic E-state index is 9.38. The summed E-state index contributed by atoms with van der Waals surface area (Å²) < 4.78 is 4.96. The number of aromatic hydroxyl groups is 1. The number of ether oxygens (including phenoxy) is 1. The van der Waals surface area contributed by atoms with Crippen LogP contribution in [0.15, 0.2) is 29.3 Å². The Labute approximate surface area is 71.3 Å². The number of hydrogen-bond donors (Lipinski definition) is 1. The average Bonchev–Trinajstić information content (AvgIpc) is 2.10. The van der Waals surface area contributed by atoms with Crippen LogP contribution < -0.4 is 0 Å². The number of rotatable bonds is 1. The van der Waals surface area contributed by atoms with Gasteiger partial charge in [0.2, 0.25) is 5.90 Å². The summed E-state index contributed by atoms with van der Waals surface area (Å²) in [5, 5.41) is 9.38. The second kappa shape index (κ2) is 3.76. The van der Waals surface area contributed by atoms with Crippen LogP contribution in [-0.2, 0) is 4.74 Å². The van der Waals surface area contributed by atoms with E-state index in [4.69, 9.17) is 4.74 Å². The molecule has 3 heteroatoms. The zero-order valence-corrected chi connectivity index (χ0v) is 7.11. The van der Waals surface area contributed by atoms with Crippen molar-refractivity contribution in [1.82, 2.24) is 0 Å². The Morgan fingerprint density at radius 1 is 1.42 bits per heavy atom. The lowest BCUT2D eigenvalue weighted by Gasteiger charge is -2.04. The predicted octanol–water partition coefficient (Wildman–Crippen LogP) is 1.41. The van der Waals surface area contributed by atoms with Crippen molar-refractivity contribution in [2.75, 3.05) is 14.2 Å². The summed E-state index contributed by atoms with van der Waals surface area (Å²) in [5.41, 5.74) is 0.613. The maximum Gasteiger partial charge on any atom is 0.219 e. The van der Waals surface area contributed by atoms with E-state index in [2.05, 4.69) is 4.99 Å². The van der Waals surface area contributed by atoms with E-state index >= 15 is 0 Å². The van der Waals surface area contributed by atoms with E-state index in [9.17, 15) is 5.11 Å². The molecule has 0 aliphatic heterocycles. The van der Waals surface area contributed by atoms with Crippen molar-refractivity contribution in [1.29, 1.82) is 0 Å². The number of phenolic OH excluding ortho intramolecular Hbond substituents is 1. The number of aliphatic imine (C=N–C) groups is 1. The molecule has 0 saturated carbocycles. The third-order valence-corrected chi connectivity index (χ3v) is 1.53. The quantitative estimate of drug-likeness (QED) is 0.505. The molecule has 1 aromatic rings. The van der Waals surface area contributed by atoms with Crippen LogP contribution in [0.1, 0.15) is 5.56 Å². The minimum absolute atomic E-state index is 0.181. The van der Waals surface area contributed by atoms with Gasteiger partial charge in [-0.05, 0) is 12.1 Å². The topological polar surface area (TPSA) is 41.8 Å². The summed E-state index contributed by atoms with van der Waals surface area (Å²) >= 11 is 0. The molecule has 0 unspecified atom stereocenters. The normalized spacial score (nSPS) is 11.3. The Kier molecular flexibility index (Phi) is 2.69. The summed E-state index contributed by atoms with van der Waals surface area (Å²) in [6, 6.07) is 6.92. The first-order chi connectivity index (χ1) is 5.79. The number of benzene rings is 1. The second-order valence-corrected chi connectivity index (χ2v) is 2.25. The molecule has 12 heavy (non-hydrogen) atoms. The van der Waals surface area contributed by atoms with Gasteiger partial charge in [0.05, 0.1) is 12.7 Å². The SMILES string of the molecule is CN=C(OC)c1ccccc1O. The first kappa shape index (κ1) is 8.59. The van der Waals surface area contributed by atoms with Gasteiger partial charge < -0.3 is 9.84 Å². The third-order valence-electron chi connectivity index (χ3n) is 1.53. The molecule has 0 bridgehead atoms. The predicted molar refractivity (Wildman–Crippen MR) is 47.6 cm³/mol. The Morgan fingerprint density at radius 3 is 2.58 bits per heavy atom. The average molecular weight is 165 g/mol. The molecular weight excluding hydrogens is 154 g/mol. The molecule has 0 atom stereocenters. The fraction of sp³-hybridized carbons (Fsp3) is 0.222. The zero-order valence-electron chi connectivity index (χ0n) is 7.11. The van der Waals surface area contributed by atoms with Gasteiger partial charge in [-0.1, -0.05) is 12.1 Å². The van der Waals surface area contributed by atoms with Crippen molar-refractivity contribution < 1.29 is 9.84 Å². The largest absolute Gasteiger partial charge is 0.507 e. The van der Waals surface area contributed by atoms with Crippen LogP contribution in [0.25, 0.3) is 0 Å². The van der Waals surface area contributed by atoms with E-state index in [-0.39, 0.29) is 5.75 Å². The Balaban J connectivity index is 3.10. The molecule has 0 aromatic heterocycles. The van der Waals surface area contributed by atoms with Crippen molar-refractivity contribution in [3.05, 3.63) is 29.8 Å². The van der Waals surface area contributed by atoms with Crippen molar-refractivity contribution >= 4 is 5.90 Å². The highest BCUT2D eigenvalue weighted by Gasteiger charge is 2.05. The number of hydrogen-bond acceptors (Lipinski definition) is 3. The lowest BCUT2D eigenvalue weighted by molar-refractivity contribution is 0.399. The van der Waals surface area contributed by atoms with Gasteiger partial charge in [-0.3, -0.25) is 4.99 Å². The Bertz CT molecular complexity index is 294. The van der Waals surface area contributed by atoms with Gasteiger partial charge in [0.1, 0.15) is 5.75 Å². The van der Waals surface area contributed by atoms with E-state index in [1.165, 1.54) is 7.11 Å². The first-order valence-electron chi connectivity index (χ1n) is 3.58. The highest BCUT2D eigenvalue weighted by Crippen LogP contribution is 2.16. The van der Waals surface area contributed by atoms with Crippen molar-refractivity contribution in [3.63, 3.8) is 0 Å². The van der Waals surface area contributed by atoms with E-state index in [0.717, 1.165) is 0 Å². The van der Waals surface area contributed by atoms with Gasteiger partial charge in [-0.2, -0.15) is 0 Å². The molecule has 0 heterocycles. The monoisotopic (exact) mass is 165 g/mol. The van der Waals surface area contributed by atoms with E-state index < -0.39 is 0 Å². The van der Waals surface area contributed by atoms with Gasteiger partial charge in [-0.15, -0.1) is 0 Å². The van der Waals surface area contributed by atoms with Crippen LogP contribution >= 0.6 is 0 Å². The molecule has 0 spiro atoms. The summed E-state index contributed by atoms with van der Waals surface area (Å²) in [5.74, 6) is 0.619. The number of methoxy groups -OCH3 is 1. The number of nitrogens with zero attached hydrogens (tertiary/aromatic N) is 1. The van der Waals surface area contributed by atoms with Crippen molar-refractivity contribution in [3.8, 4) is 5.75 Å². The smallest absolute Gasteiger partial charge is 0.219 e. The van der Waals surface area contributed by atoms with Gasteiger partial charge >= 0.3 is 0 Å². The second-order valence-electron chi connectivity index (χ2n) is 2.25. The highest BCUT2D eigenvalue weighted by atomic mass is 16.5. The van der Waals surface area contributed by atoms with E-state index in [1.54, 1.807) is 25.2 Å². The summed E-state index contributed by atoms with van der Waals surface area (Å²) in [6.45, 7) is 0. The fourth-order valence-corrected chi connectivity index (χ4v) is 0.976. The van der Waals surface area contributed by atoms with Crippen LogP contribution in [0.4, 0.5) is 0 Å². The Morgan fingerprint density at radius 2 is 2.08 bits per heavy atom. The lowest BCUT2D eigenvalue weighted by Crippen LogP contribution is -2.02. The van der Waals surface area contributed by atoms with Gasteiger partial charge in [-0.25, -0.2) is 0 Å². The van der Waals surface area contributed by atoms with Crippen LogP contribution in [0.3, 0.4) is 0 Å². The maximum absolute atomic E-state index is 9.38. The lowest BCUT2D eigenvalue weighted by atomic mass is 10.2. The van der Waals surface area contributed by atoms with Crippen LogP contribution in [0.2, 0.25) is 0 Å². The summed E-state index contributed by atoms with van der Waals surface area (Å²) in [4.78, 5) is 3.87. The minimum atomic E-state index is 0.181. The van der Waals surface area contributed by atoms with Gasteiger partial charge in [0.25, 0.3) is 0 Å². The highest BCUT2D eigenvalue weighted by molar-refractivity contribution is 5.96. The molecule has 0 amide bonds. The molecule has 0 saturated heterocycles. The van der Waals surface area contributed by atoms with Gasteiger partial charge in [0.15, 0.2) is 0 Å². The summed E-state index contributed by atoms with van der Waals surface area (Å²) in [6.07, 6.45) is 0. The van der Waals surface area contributed by atoms with Crippen LogP contribution in [-0.4, -0.2) is 25.2 Å². The first-order valence-corrected chi connectivity index (χ1v) is 3.58. The molecular formula is C9H11NO2. The molecule has 0 aliphatic carbocycles. The molecule has 1 N–H and O–H groups in total.